The Balaban J connectivity index is 2.85. The fourth-order valence-electron chi connectivity index (χ4n) is 0.155. The SMILES string of the molecule is CC(=O)O[Si]O[Si]O[Si]O[Si]. The van der Waals surface area contributed by atoms with Gasteiger partial charge in [-0.15, -0.1) is 0 Å². The van der Waals surface area contributed by atoms with Crippen molar-refractivity contribution in [2.24, 2.45) is 0 Å². The fraction of sp³-hybridized carbons (Fsp3) is 0.500. The predicted octanol–water partition coefficient (Wildman–Crippen LogP) is -1.71. The molecule has 5 nitrogen and oxygen atoms in total. The van der Waals surface area contributed by atoms with E-state index >= 15 is 0 Å². The van der Waals surface area contributed by atoms with E-state index < -0.39 is 0 Å². The van der Waals surface area contributed by atoms with Crippen LogP contribution in [0, 0.1) is 0 Å². The molecule has 0 aliphatic carbocycles. The van der Waals surface area contributed by atoms with E-state index in [1.165, 1.54) is 6.92 Å². The normalized spacial score (nSPS) is 9.64. The van der Waals surface area contributed by atoms with Gasteiger partial charge in [0, 0.05) is 6.92 Å². The Labute approximate surface area is 75.5 Å². The molecule has 0 aromatic carbocycles. The smallest absolute Gasteiger partial charge is 0.491 e. The summed E-state index contributed by atoms with van der Waals surface area (Å²) >= 11 is 0. The lowest BCUT2D eigenvalue weighted by Gasteiger charge is -1.98. The average molecular weight is 219 g/mol. The highest BCUT2D eigenvalue weighted by molar-refractivity contribution is 6.43. The zero-order chi connectivity index (χ0) is 8.53. The third-order valence-electron chi connectivity index (χ3n) is 0.394. The molecular formula is C2H3O5Si4. The summed E-state index contributed by atoms with van der Waals surface area (Å²) in [5.41, 5.74) is 0. The van der Waals surface area contributed by atoms with E-state index in [1.54, 1.807) is 0 Å². The van der Waals surface area contributed by atoms with Crippen LogP contribution in [0.1, 0.15) is 6.92 Å². The molecule has 0 rings (SSSR count). The van der Waals surface area contributed by atoms with E-state index in [2.05, 4.69) is 19.0 Å². The molecule has 0 fully saturated rings. The number of carbonyl (C=O) groups excluding carboxylic acids is 1. The van der Waals surface area contributed by atoms with E-state index in [1.807, 2.05) is 0 Å². The summed E-state index contributed by atoms with van der Waals surface area (Å²) in [4.78, 5) is 10.2. The van der Waals surface area contributed by atoms with Gasteiger partial charge in [0.1, 0.15) is 0 Å². The third kappa shape index (κ3) is 10.2. The van der Waals surface area contributed by atoms with E-state index in [-0.39, 0.29) is 36.0 Å². The Bertz CT molecular complexity index is 109. The van der Waals surface area contributed by atoms with Crippen LogP contribution < -0.4 is 0 Å². The number of hydrogen-bond acceptors (Lipinski definition) is 5. The molecule has 0 aliphatic heterocycles. The highest BCUT2D eigenvalue weighted by atomic mass is 28.4. The van der Waals surface area contributed by atoms with Gasteiger partial charge in [0.2, 0.25) is 10.5 Å². The Morgan fingerprint density at radius 2 is 1.91 bits per heavy atom. The summed E-state index contributed by atoms with van der Waals surface area (Å²) in [7, 11) is 2.15. The largest absolute Gasteiger partial charge is 0.512 e. The lowest BCUT2D eigenvalue weighted by atomic mass is 10.9. The fourth-order valence-corrected chi connectivity index (χ4v) is 1.79. The van der Waals surface area contributed by atoms with Crippen LogP contribution in [0.15, 0.2) is 0 Å². The zero-order valence-corrected chi connectivity index (χ0v) is 9.54. The first-order valence-corrected chi connectivity index (χ1v) is 5.19. The Morgan fingerprint density at radius 1 is 1.27 bits per heavy atom. The van der Waals surface area contributed by atoms with Crippen LogP contribution in [0.3, 0.4) is 0 Å². The number of rotatable bonds is 6. The van der Waals surface area contributed by atoms with Crippen molar-refractivity contribution in [3.63, 3.8) is 0 Å². The second kappa shape index (κ2) is 8.32. The summed E-state index contributed by atoms with van der Waals surface area (Å²) < 4.78 is 18.4. The van der Waals surface area contributed by atoms with Gasteiger partial charge < -0.3 is 16.8 Å². The van der Waals surface area contributed by atoms with Crippen molar-refractivity contribution in [2.75, 3.05) is 0 Å². The molecule has 9 heteroatoms. The van der Waals surface area contributed by atoms with Gasteiger partial charge in [-0.2, -0.15) is 0 Å². The van der Waals surface area contributed by atoms with Crippen LogP contribution in [0.5, 0.6) is 0 Å². The van der Waals surface area contributed by atoms with Gasteiger partial charge in [-0.05, 0) is 0 Å². The molecule has 0 aromatic heterocycles. The summed E-state index contributed by atoms with van der Waals surface area (Å²) in [6, 6.07) is 0. The minimum atomic E-state index is -0.369. The van der Waals surface area contributed by atoms with E-state index in [9.17, 15) is 4.79 Å². The first kappa shape index (κ1) is 11.2. The Kier molecular flexibility index (Phi) is 8.48. The summed E-state index contributed by atoms with van der Waals surface area (Å²) in [6.45, 7) is 1.31. The minimum absolute atomic E-state index is 0.114. The topological polar surface area (TPSA) is 54.0 Å². The van der Waals surface area contributed by atoms with Crippen LogP contribution >= 0.6 is 0 Å². The predicted molar refractivity (Wildman–Crippen MR) is 38.0 cm³/mol. The van der Waals surface area contributed by atoms with Crippen LogP contribution in [0.4, 0.5) is 0 Å². The van der Waals surface area contributed by atoms with Crippen molar-refractivity contribution in [3.05, 3.63) is 0 Å². The molecule has 0 heterocycles. The molecule has 0 aliphatic rings. The van der Waals surface area contributed by atoms with Crippen molar-refractivity contribution in [3.8, 4) is 0 Å². The first-order valence-electron chi connectivity index (χ1n) is 2.34. The van der Waals surface area contributed by atoms with Crippen molar-refractivity contribution >= 4 is 46.5 Å². The average Bonchev–Trinajstić information content (AvgIpc) is 1.96. The summed E-state index contributed by atoms with van der Waals surface area (Å²) in [5.74, 6) is -0.369. The van der Waals surface area contributed by atoms with Gasteiger partial charge in [-0.1, -0.05) is 0 Å². The minimum Gasteiger partial charge on any atom is -0.491 e. The Morgan fingerprint density at radius 3 is 2.45 bits per heavy atom. The van der Waals surface area contributed by atoms with Crippen LogP contribution in [-0.2, 0) is 21.6 Å². The highest BCUT2D eigenvalue weighted by Gasteiger charge is 2.00. The van der Waals surface area contributed by atoms with E-state index in [4.69, 9.17) is 8.23 Å². The van der Waals surface area contributed by atoms with Gasteiger partial charge >= 0.3 is 30.0 Å². The molecule has 0 saturated carbocycles. The molecule has 0 N–H and O–H groups in total. The van der Waals surface area contributed by atoms with Gasteiger partial charge in [0.25, 0.3) is 5.97 Å². The van der Waals surface area contributed by atoms with Crippen molar-refractivity contribution in [1.82, 2.24) is 0 Å². The standard InChI is InChI=1S/C2H3O5Si4/c1-2(3)4-9-6-11-7-10-5-8/h1H3. The van der Waals surface area contributed by atoms with Crippen molar-refractivity contribution in [1.29, 1.82) is 0 Å². The monoisotopic (exact) mass is 219 g/mol. The molecule has 0 bridgehead atoms. The molecule has 0 unspecified atom stereocenters. The molecule has 0 aromatic rings. The number of carbonyl (C=O) groups is 1. The zero-order valence-electron chi connectivity index (χ0n) is 5.54. The maximum absolute atomic E-state index is 10.2. The maximum atomic E-state index is 10.2. The highest BCUT2D eigenvalue weighted by Crippen LogP contribution is 1.75. The van der Waals surface area contributed by atoms with E-state index in [0.29, 0.717) is 0 Å². The van der Waals surface area contributed by atoms with Crippen LogP contribution in [0.25, 0.3) is 0 Å². The summed E-state index contributed by atoms with van der Waals surface area (Å²) in [5, 5.41) is 0. The number of hydrogen-bond donors (Lipinski definition) is 0. The molecule has 0 spiro atoms. The van der Waals surface area contributed by atoms with Crippen molar-refractivity contribution in [2.45, 2.75) is 6.92 Å². The third-order valence-corrected chi connectivity index (χ3v) is 2.43. The van der Waals surface area contributed by atoms with Gasteiger partial charge in [0.05, 0.1) is 0 Å². The molecular weight excluding hydrogens is 216 g/mol. The lowest BCUT2D eigenvalue weighted by Crippen LogP contribution is -2.16. The molecule has 57 valence electrons. The molecule has 0 saturated heterocycles. The quantitative estimate of drug-likeness (QED) is 0.393. The molecule has 9 radical (unpaired) electrons. The van der Waals surface area contributed by atoms with Gasteiger partial charge in [-0.25, -0.2) is 0 Å². The first-order chi connectivity index (χ1) is 5.27. The lowest BCUT2D eigenvalue weighted by molar-refractivity contribution is -0.132. The summed E-state index contributed by atoms with van der Waals surface area (Å²) in [6.07, 6.45) is 0. The Hall–Kier alpha value is 0.218. The maximum Gasteiger partial charge on any atom is 0.512 e. The second-order valence-electron chi connectivity index (χ2n) is 1.15. The van der Waals surface area contributed by atoms with Crippen LogP contribution in [0.2, 0.25) is 0 Å². The molecule has 0 amide bonds. The van der Waals surface area contributed by atoms with E-state index in [0.717, 1.165) is 0 Å². The van der Waals surface area contributed by atoms with Gasteiger partial charge in [-0.3, -0.25) is 4.79 Å². The van der Waals surface area contributed by atoms with Crippen LogP contribution in [-0.4, -0.2) is 46.5 Å². The second-order valence-corrected chi connectivity index (χ2v) is 4.30. The van der Waals surface area contributed by atoms with Gasteiger partial charge in [0.15, 0.2) is 0 Å². The molecule has 11 heavy (non-hydrogen) atoms. The van der Waals surface area contributed by atoms with Crippen molar-refractivity contribution < 1.29 is 21.6 Å². The molecule has 0 atom stereocenters.